The molecule has 2 heterocycles. The number of rotatable bonds is 3. The second kappa shape index (κ2) is 4.91. The quantitative estimate of drug-likeness (QED) is 0.749. The summed E-state index contributed by atoms with van der Waals surface area (Å²) in [6.07, 6.45) is 5.95. The summed E-state index contributed by atoms with van der Waals surface area (Å²) in [5, 5.41) is 4.17. The van der Waals surface area contributed by atoms with Gasteiger partial charge in [-0.1, -0.05) is 31.2 Å². The summed E-state index contributed by atoms with van der Waals surface area (Å²) in [4.78, 5) is 13.9. The normalized spacial score (nSPS) is 22.8. The highest BCUT2D eigenvalue weighted by Gasteiger charge is 2.35. The maximum atomic E-state index is 11.4. The molecule has 1 nitrogen and oxygen atoms in total. The largest absolute Gasteiger partial charge is 0.298 e. The maximum Gasteiger partial charge on any atom is 0.146 e. The smallest absolute Gasteiger partial charge is 0.146 e. The molecule has 2 aromatic heterocycles. The summed E-state index contributed by atoms with van der Waals surface area (Å²) < 4.78 is 0. The summed E-state index contributed by atoms with van der Waals surface area (Å²) in [5.41, 5.74) is 2.00. The second-order valence-electron chi connectivity index (χ2n) is 4.90. The Bertz CT molecular complexity index is 632. The molecule has 0 saturated heterocycles. The first kappa shape index (κ1) is 12.6. The molecule has 0 fully saturated rings. The number of hydrogen-bond acceptors (Lipinski definition) is 3. The van der Waals surface area contributed by atoms with Crippen molar-refractivity contribution in [2.45, 2.75) is 18.8 Å². The molecule has 0 aromatic carbocycles. The lowest BCUT2D eigenvalue weighted by molar-refractivity contribution is -0.105. The molecule has 0 bridgehead atoms. The number of aldehydes is 1. The van der Waals surface area contributed by atoms with Crippen LogP contribution in [0, 0.1) is 0 Å². The van der Waals surface area contributed by atoms with Crippen molar-refractivity contribution < 1.29 is 4.79 Å². The zero-order valence-corrected chi connectivity index (χ0v) is 12.3. The van der Waals surface area contributed by atoms with Crippen molar-refractivity contribution in [3.63, 3.8) is 0 Å². The standard InChI is InChI=1S/C16H14OS2/c1-16(15-5-3-9-19-15)10-12(6-7-13(16)11-17)14-4-2-8-18-14/h2-9,11H,10H2,1H3. The fraction of sp³-hybridized carbons (Fsp3) is 0.188. The van der Waals surface area contributed by atoms with Crippen molar-refractivity contribution in [2.75, 3.05) is 0 Å². The summed E-state index contributed by atoms with van der Waals surface area (Å²) in [5.74, 6) is 0. The molecule has 0 spiro atoms. The van der Waals surface area contributed by atoms with Crippen molar-refractivity contribution in [2.24, 2.45) is 0 Å². The van der Waals surface area contributed by atoms with E-state index in [0.717, 1.165) is 18.3 Å². The molecule has 3 rings (SSSR count). The molecule has 96 valence electrons. The minimum atomic E-state index is -0.190. The van der Waals surface area contributed by atoms with E-state index < -0.39 is 0 Å². The number of allylic oxidation sites excluding steroid dienone is 4. The molecule has 2 aromatic rings. The Morgan fingerprint density at radius 1 is 1.16 bits per heavy atom. The number of carbonyl (C=O) groups excluding carboxylic acids is 1. The van der Waals surface area contributed by atoms with Crippen LogP contribution in [0.4, 0.5) is 0 Å². The molecule has 0 N–H and O–H groups in total. The van der Waals surface area contributed by atoms with E-state index in [2.05, 4.69) is 48.0 Å². The van der Waals surface area contributed by atoms with Gasteiger partial charge in [0, 0.05) is 20.7 Å². The predicted molar refractivity (Wildman–Crippen MR) is 82.7 cm³/mol. The third-order valence-electron chi connectivity index (χ3n) is 3.67. The molecular formula is C16H14OS2. The van der Waals surface area contributed by atoms with E-state index in [-0.39, 0.29) is 5.41 Å². The molecular weight excluding hydrogens is 272 g/mol. The van der Waals surface area contributed by atoms with Gasteiger partial charge in [-0.05, 0) is 34.9 Å². The molecule has 0 saturated carbocycles. The highest BCUT2D eigenvalue weighted by Crippen LogP contribution is 2.44. The van der Waals surface area contributed by atoms with Crippen molar-refractivity contribution in [1.29, 1.82) is 0 Å². The van der Waals surface area contributed by atoms with Crippen LogP contribution in [0.25, 0.3) is 5.57 Å². The third kappa shape index (κ3) is 2.13. The fourth-order valence-electron chi connectivity index (χ4n) is 2.54. The van der Waals surface area contributed by atoms with Crippen molar-refractivity contribution in [3.05, 3.63) is 62.5 Å². The Labute approximate surface area is 120 Å². The van der Waals surface area contributed by atoms with Gasteiger partial charge in [0.25, 0.3) is 0 Å². The SMILES string of the molecule is CC1(c2cccs2)CC(c2cccs2)=CC=C1C=O. The number of thiophene rings is 2. The van der Waals surface area contributed by atoms with Gasteiger partial charge < -0.3 is 0 Å². The highest BCUT2D eigenvalue weighted by atomic mass is 32.1. The van der Waals surface area contributed by atoms with Crippen molar-refractivity contribution in [3.8, 4) is 0 Å². The van der Waals surface area contributed by atoms with Crippen LogP contribution in [0.5, 0.6) is 0 Å². The monoisotopic (exact) mass is 286 g/mol. The fourth-order valence-corrected chi connectivity index (χ4v) is 4.20. The van der Waals surface area contributed by atoms with Gasteiger partial charge in [-0.2, -0.15) is 0 Å². The minimum Gasteiger partial charge on any atom is -0.298 e. The molecule has 0 radical (unpaired) electrons. The van der Waals surface area contributed by atoms with E-state index >= 15 is 0 Å². The van der Waals surface area contributed by atoms with E-state index in [9.17, 15) is 4.79 Å². The third-order valence-corrected chi connectivity index (χ3v) is 5.75. The van der Waals surface area contributed by atoms with Gasteiger partial charge in [0.05, 0.1) is 0 Å². The summed E-state index contributed by atoms with van der Waals surface area (Å²) in [7, 11) is 0. The summed E-state index contributed by atoms with van der Waals surface area (Å²) >= 11 is 3.48. The minimum absolute atomic E-state index is 0.190. The summed E-state index contributed by atoms with van der Waals surface area (Å²) in [6.45, 7) is 2.17. The van der Waals surface area contributed by atoms with Crippen molar-refractivity contribution in [1.82, 2.24) is 0 Å². The summed E-state index contributed by atoms with van der Waals surface area (Å²) in [6, 6.07) is 8.39. The maximum absolute atomic E-state index is 11.4. The zero-order chi connectivity index (χ0) is 13.3. The molecule has 1 aliphatic rings. The second-order valence-corrected chi connectivity index (χ2v) is 6.79. The van der Waals surface area contributed by atoms with Gasteiger partial charge in [-0.3, -0.25) is 4.79 Å². The van der Waals surface area contributed by atoms with Crippen LogP contribution < -0.4 is 0 Å². The Balaban J connectivity index is 2.05. The predicted octanol–water partition coefficient (Wildman–Crippen LogP) is 4.68. The topological polar surface area (TPSA) is 17.1 Å². The Morgan fingerprint density at radius 3 is 2.58 bits per heavy atom. The van der Waals surface area contributed by atoms with Gasteiger partial charge in [-0.15, -0.1) is 22.7 Å². The van der Waals surface area contributed by atoms with E-state index in [1.165, 1.54) is 15.3 Å². The van der Waals surface area contributed by atoms with E-state index in [1.807, 2.05) is 6.08 Å². The average molecular weight is 286 g/mol. The van der Waals surface area contributed by atoms with Gasteiger partial charge >= 0.3 is 0 Å². The molecule has 1 unspecified atom stereocenters. The Kier molecular flexibility index (Phi) is 3.25. The lowest BCUT2D eigenvalue weighted by Crippen LogP contribution is -2.26. The van der Waals surface area contributed by atoms with Crippen LogP contribution in [0.3, 0.4) is 0 Å². The molecule has 1 atom stereocenters. The first-order chi connectivity index (χ1) is 9.24. The number of carbonyl (C=O) groups is 1. The Morgan fingerprint density at radius 2 is 1.95 bits per heavy atom. The first-order valence-corrected chi connectivity index (χ1v) is 7.94. The Hall–Kier alpha value is -1.45. The zero-order valence-electron chi connectivity index (χ0n) is 10.6. The van der Waals surface area contributed by atoms with Crippen molar-refractivity contribution >= 4 is 34.5 Å². The average Bonchev–Trinajstić information content (AvgIpc) is 3.12. The molecule has 3 heteroatoms. The van der Waals surface area contributed by atoms with Crippen LogP contribution >= 0.6 is 22.7 Å². The molecule has 0 aliphatic heterocycles. The lowest BCUT2D eigenvalue weighted by atomic mass is 9.73. The van der Waals surface area contributed by atoms with Crippen LogP contribution in [0.2, 0.25) is 0 Å². The first-order valence-electron chi connectivity index (χ1n) is 6.18. The van der Waals surface area contributed by atoms with Gasteiger partial charge in [0.1, 0.15) is 6.29 Å². The van der Waals surface area contributed by atoms with Crippen LogP contribution in [0.15, 0.2) is 52.8 Å². The van der Waals surface area contributed by atoms with Crippen LogP contribution in [0.1, 0.15) is 23.1 Å². The number of hydrogen-bond donors (Lipinski definition) is 0. The van der Waals surface area contributed by atoms with Gasteiger partial charge in [0.2, 0.25) is 0 Å². The lowest BCUT2D eigenvalue weighted by Gasteiger charge is -2.32. The molecule has 19 heavy (non-hydrogen) atoms. The van der Waals surface area contributed by atoms with Crippen LogP contribution in [-0.2, 0) is 10.2 Å². The van der Waals surface area contributed by atoms with Gasteiger partial charge in [0.15, 0.2) is 0 Å². The molecule has 0 amide bonds. The van der Waals surface area contributed by atoms with E-state index in [4.69, 9.17) is 0 Å². The highest BCUT2D eigenvalue weighted by molar-refractivity contribution is 7.11. The van der Waals surface area contributed by atoms with Crippen LogP contribution in [-0.4, -0.2) is 6.29 Å². The van der Waals surface area contributed by atoms with E-state index in [1.54, 1.807) is 22.7 Å². The van der Waals surface area contributed by atoms with Gasteiger partial charge in [-0.25, -0.2) is 0 Å². The van der Waals surface area contributed by atoms with E-state index in [0.29, 0.717) is 0 Å². The molecule has 1 aliphatic carbocycles.